The fourth-order valence-electron chi connectivity index (χ4n) is 5.78. The number of nitrogens with zero attached hydrogens (tertiary/aromatic N) is 1. The third-order valence-electron chi connectivity index (χ3n) is 7.27. The van der Waals surface area contributed by atoms with Gasteiger partial charge >= 0.3 is 7.12 Å². The van der Waals surface area contributed by atoms with Crippen LogP contribution in [0.25, 0.3) is 33.1 Å². The molecule has 2 aliphatic rings. The van der Waals surface area contributed by atoms with Crippen molar-refractivity contribution < 1.29 is 10.0 Å². The van der Waals surface area contributed by atoms with Crippen molar-refractivity contribution in [2.75, 3.05) is 0 Å². The quantitative estimate of drug-likeness (QED) is 0.475. The van der Waals surface area contributed by atoms with Crippen molar-refractivity contribution >= 4 is 40.0 Å². The molecule has 4 heteroatoms. The first kappa shape index (κ1) is 18.7. The van der Waals surface area contributed by atoms with Gasteiger partial charge in [0.2, 0.25) is 0 Å². The largest absolute Gasteiger partial charge is 0.488 e. The highest BCUT2D eigenvalue weighted by molar-refractivity contribution is 6.58. The van der Waals surface area contributed by atoms with Gasteiger partial charge in [0.1, 0.15) is 0 Å². The van der Waals surface area contributed by atoms with Gasteiger partial charge < -0.3 is 14.6 Å². The summed E-state index contributed by atoms with van der Waals surface area (Å²) in [5.74, 6) is 0.483. The Morgan fingerprint density at radius 3 is 2.48 bits per heavy atom. The van der Waals surface area contributed by atoms with Crippen LogP contribution in [0.5, 0.6) is 0 Å². The summed E-state index contributed by atoms with van der Waals surface area (Å²) in [6, 6.07) is 20.7. The molecule has 0 saturated carbocycles. The van der Waals surface area contributed by atoms with Crippen molar-refractivity contribution in [3.63, 3.8) is 0 Å². The summed E-state index contributed by atoms with van der Waals surface area (Å²) in [5.41, 5.74) is 8.18. The molecule has 3 aromatic carbocycles. The van der Waals surface area contributed by atoms with Crippen LogP contribution in [0.4, 0.5) is 0 Å². The molecule has 1 aromatic heterocycles. The molecule has 1 heterocycles. The maximum Gasteiger partial charge on any atom is 0.488 e. The summed E-state index contributed by atoms with van der Waals surface area (Å²) in [5, 5.41) is 21.6. The molecule has 6 rings (SSSR count). The van der Waals surface area contributed by atoms with E-state index in [9.17, 15) is 10.0 Å². The zero-order valence-corrected chi connectivity index (χ0v) is 17.7. The Morgan fingerprint density at radius 1 is 0.935 bits per heavy atom. The monoisotopic (exact) mass is 405 g/mol. The predicted octanol–water partition coefficient (Wildman–Crippen LogP) is 4.71. The Kier molecular flexibility index (Phi) is 3.89. The first-order valence-electron chi connectivity index (χ1n) is 10.9. The highest BCUT2D eigenvalue weighted by Gasteiger charge is 2.44. The molecule has 0 bridgehead atoms. The number of aromatic nitrogens is 1. The second kappa shape index (κ2) is 6.46. The first-order valence-corrected chi connectivity index (χ1v) is 10.9. The van der Waals surface area contributed by atoms with Gasteiger partial charge in [0.25, 0.3) is 0 Å². The maximum atomic E-state index is 9.54. The number of fused-ring (bicyclic) bond motifs is 7. The molecular weight excluding hydrogens is 381 g/mol. The number of para-hydroxylation sites is 1. The zero-order valence-electron chi connectivity index (χ0n) is 17.7. The van der Waals surface area contributed by atoms with Crippen LogP contribution in [0.15, 0.2) is 78.9 Å². The maximum absolute atomic E-state index is 9.54. The molecule has 2 aliphatic carbocycles. The summed E-state index contributed by atoms with van der Waals surface area (Å²) in [6.07, 6.45) is 7.83. The van der Waals surface area contributed by atoms with Crippen molar-refractivity contribution in [2.24, 2.45) is 5.92 Å². The van der Waals surface area contributed by atoms with Crippen LogP contribution in [0.2, 0.25) is 0 Å². The van der Waals surface area contributed by atoms with Gasteiger partial charge in [-0.3, -0.25) is 0 Å². The van der Waals surface area contributed by atoms with E-state index in [-0.39, 0.29) is 5.41 Å². The number of hydrogen-bond acceptors (Lipinski definition) is 2. The fraction of sp³-hybridized carbons (Fsp3) is 0.185. The van der Waals surface area contributed by atoms with Gasteiger partial charge in [-0.25, -0.2) is 0 Å². The summed E-state index contributed by atoms with van der Waals surface area (Å²) in [4.78, 5) is 0. The smallest absolute Gasteiger partial charge is 0.423 e. The fourth-order valence-corrected chi connectivity index (χ4v) is 5.78. The minimum absolute atomic E-state index is 0.0127. The van der Waals surface area contributed by atoms with E-state index in [1.807, 2.05) is 12.1 Å². The molecule has 0 radical (unpaired) electrons. The standard InChI is InChI=1S/C27H24BNO2/c1-27(2)23-9-5-3-7-19(23)21-15-16-22-20-8-4-6-10-24(20)29(26(22)25(21)27)18-13-11-17(12-14-18)28(30)31/h3-8,10-16,23,30-31H,9H2,1-2H3. The van der Waals surface area contributed by atoms with Crippen molar-refractivity contribution in [2.45, 2.75) is 25.7 Å². The van der Waals surface area contributed by atoms with Gasteiger partial charge in [-0.15, -0.1) is 0 Å². The number of allylic oxidation sites excluding steroid dienone is 4. The summed E-state index contributed by atoms with van der Waals surface area (Å²) in [7, 11) is -1.46. The summed E-state index contributed by atoms with van der Waals surface area (Å²) < 4.78 is 2.35. The van der Waals surface area contributed by atoms with E-state index in [1.54, 1.807) is 12.1 Å². The van der Waals surface area contributed by atoms with Crippen LogP contribution >= 0.6 is 0 Å². The van der Waals surface area contributed by atoms with E-state index in [2.05, 4.69) is 73.0 Å². The minimum atomic E-state index is -1.46. The van der Waals surface area contributed by atoms with Crippen LogP contribution in [0, 0.1) is 5.92 Å². The van der Waals surface area contributed by atoms with Crippen LogP contribution in [0.1, 0.15) is 31.4 Å². The lowest BCUT2D eigenvalue weighted by atomic mass is 9.74. The Morgan fingerprint density at radius 2 is 1.71 bits per heavy atom. The van der Waals surface area contributed by atoms with Gasteiger partial charge in [0.15, 0.2) is 0 Å². The van der Waals surface area contributed by atoms with E-state index in [0.717, 1.165) is 12.1 Å². The number of hydrogen-bond donors (Lipinski definition) is 2. The first-order chi connectivity index (χ1) is 15.0. The molecule has 0 amide bonds. The molecule has 0 spiro atoms. The van der Waals surface area contributed by atoms with Gasteiger partial charge in [-0.1, -0.05) is 74.5 Å². The average Bonchev–Trinajstić information content (AvgIpc) is 3.24. The zero-order chi connectivity index (χ0) is 21.3. The second-order valence-electron chi connectivity index (χ2n) is 9.26. The second-order valence-corrected chi connectivity index (χ2v) is 9.26. The number of benzene rings is 3. The van der Waals surface area contributed by atoms with Gasteiger partial charge in [-0.2, -0.15) is 0 Å². The molecular formula is C27H24BNO2. The SMILES string of the molecule is CC1(C)c2c(ccc3c4ccccc4n(-c4ccc(B(O)O)cc4)c23)C2=CC=CCC21. The van der Waals surface area contributed by atoms with E-state index in [0.29, 0.717) is 11.4 Å². The summed E-state index contributed by atoms with van der Waals surface area (Å²) >= 11 is 0. The molecule has 31 heavy (non-hydrogen) atoms. The summed E-state index contributed by atoms with van der Waals surface area (Å²) in [6.45, 7) is 4.76. The van der Waals surface area contributed by atoms with E-state index < -0.39 is 7.12 Å². The average molecular weight is 405 g/mol. The molecule has 152 valence electrons. The van der Waals surface area contributed by atoms with Crippen molar-refractivity contribution in [1.82, 2.24) is 4.57 Å². The van der Waals surface area contributed by atoms with Crippen molar-refractivity contribution in [1.29, 1.82) is 0 Å². The van der Waals surface area contributed by atoms with Crippen molar-refractivity contribution in [3.05, 3.63) is 90.0 Å². The van der Waals surface area contributed by atoms with Crippen LogP contribution in [-0.4, -0.2) is 21.7 Å². The van der Waals surface area contributed by atoms with E-state index in [4.69, 9.17) is 0 Å². The number of rotatable bonds is 2. The lowest BCUT2D eigenvalue weighted by molar-refractivity contribution is 0.416. The Labute approximate surface area is 182 Å². The normalized spacial score (nSPS) is 18.8. The van der Waals surface area contributed by atoms with Crippen molar-refractivity contribution in [3.8, 4) is 5.69 Å². The van der Waals surface area contributed by atoms with Gasteiger partial charge in [-0.05, 0) is 58.1 Å². The van der Waals surface area contributed by atoms with Crippen LogP contribution in [-0.2, 0) is 5.41 Å². The third-order valence-corrected chi connectivity index (χ3v) is 7.27. The minimum Gasteiger partial charge on any atom is -0.423 e. The third kappa shape index (κ3) is 2.49. The molecule has 0 fully saturated rings. The Bertz CT molecular complexity index is 1410. The molecule has 1 atom stereocenters. The van der Waals surface area contributed by atoms with E-state index in [1.165, 1.54) is 38.5 Å². The topological polar surface area (TPSA) is 45.4 Å². The molecule has 1 unspecified atom stereocenters. The predicted molar refractivity (Wildman–Crippen MR) is 129 cm³/mol. The van der Waals surface area contributed by atoms with Crippen LogP contribution < -0.4 is 5.46 Å². The lowest BCUT2D eigenvalue weighted by Crippen LogP contribution is -2.29. The van der Waals surface area contributed by atoms with Crippen LogP contribution in [0.3, 0.4) is 0 Å². The molecule has 4 aromatic rings. The highest BCUT2D eigenvalue weighted by atomic mass is 16.4. The lowest BCUT2D eigenvalue weighted by Gasteiger charge is -2.30. The highest BCUT2D eigenvalue weighted by Crippen LogP contribution is 2.55. The van der Waals surface area contributed by atoms with E-state index >= 15 is 0 Å². The molecule has 0 aliphatic heterocycles. The molecule has 3 nitrogen and oxygen atoms in total. The molecule has 2 N–H and O–H groups in total. The molecule has 0 saturated heterocycles. The Hall–Kier alpha value is -3.08. The Balaban J connectivity index is 1.74. The van der Waals surface area contributed by atoms with Gasteiger partial charge in [0, 0.05) is 16.5 Å². The van der Waals surface area contributed by atoms with Gasteiger partial charge in [0.05, 0.1) is 11.0 Å².